The maximum atomic E-state index is 13.2. The number of carbonyl (C=O) groups is 2. The summed E-state index contributed by atoms with van der Waals surface area (Å²) in [6.07, 6.45) is 0. The average molecular weight is 464 g/mol. The Morgan fingerprint density at radius 1 is 1.09 bits per heavy atom. The Morgan fingerprint density at radius 3 is 2.30 bits per heavy atom. The molecule has 2 aromatic carbocycles. The number of anilines is 1. The van der Waals surface area contributed by atoms with Crippen LogP contribution in [0, 0.1) is 6.92 Å². The molecule has 2 heterocycles. The van der Waals surface area contributed by atoms with Gasteiger partial charge in [-0.2, -0.15) is 0 Å². The lowest BCUT2D eigenvalue weighted by Crippen LogP contribution is -2.29. The van der Waals surface area contributed by atoms with Crippen molar-refractivity contribution in [3.63, 3.8) is 0 Å². The highest BCUT2D eigenvalue weighted by molar-refractivity contribution is 7.15. The molecule has 1 saturated heterocycles. The van der Waals surface area contributed by atoms with E-state index in [0.29, 0.717) is 39.5 Å². The van der Waals surface area contributed by atoms with E-state index in [1.54, 1.807) is 31.2 Å². The Morgan fingerprint density at radius 2 is 1.76 bits per heavy atom. The Balaban J connectivity index is 1.86. The van der Waals surface area contributed by atoms with Gasteiger partial charge >= 0.3 is 5.91 Å². The van der Waals surface area contributed by atoms with Gasteiger partial charge in [0.25, 0.3) is 5.78 Å². The van der Waals surface area contributed by atoms with Crippen LogP contribution in [0.1, 0.15) is 54.4 Å². The minimum absolute atomic E-state index is 0.0225. The highest BCUT2D eigenvalue weighted by Crippen LogP contribution is 2.43. The molecule has 1 N–H and O–H groups in total. The van der Waals surface area contributed by atoms with Crippen molar-refractivity contribution in [3.05, 3.63) is 75.8 Å². The van der Waals surface area contributed by atoms with Gasteiger partial charge in [-0.15, -0.1) is 10.2 Å². The number of aliphatic hydroxyl groups is 1. The van der Waals surface area contributed by atoms with E-state index < -0.39 is 17.7 Å². The summed E-state index contributed by atoms with van der Waals surface area (Å²) in [5.41, 5.74) is 2.29. The fraction of sp³-hybridized carbons (Fsp3) is 0.280. The van der Waals surface area contributed by atoms with Gasteiger partial charge in [-0.1, -0.05) is 49.4 Å². The van der Waals surface area contributed by atoms with Crippen LogP contribution in [0.25, 0.3) is 5.76 Å². The van der Waals surface area contributed by atoms with Gasteiger partial charge in [0.05, 0.1) is 18.2 Å². The van der Waals surface area contributed by atoms with Gasteiger partial charge in [-0.05, 0) is 55.2 Å². The third kappa shape index (κ3) is 4.26. The highest BCUT2D eigenvalue weighted by Gasteiger charge is 2.48. The van der Waals surface area contributed by atoms with E-state index in [-0.39, 0.29) is 11.3 Å². The first kappa shape index (κ1) is 22.7. The van der Waals surface area contributed by atoms with E-state index >= 15 is 0 Å². The first-order valence-corrected chi connectivity index (χ1v) is 11.6. The Bertz CT molecular complexity index is 1210. The molecule has 1 aliphatic rings. The highest BCUT2D eigenvalue weighted by atomic mass is 32.1. The zero-order valence-electron chi connectivity index (χ0n) is 18.9. The molecular weight excluding hydrogens is 438 g/mol. The monoisotopic (exact) mass is 463 g/mol. The van der Waals surface area contributed by atoms with Crippen molar-refractivity contribution in [3.8, 4) is 5.75 Å². The van der Waals surface area contributed by atoms with Crippen molar-refractivity contribution < 1.29 is 19.4 Å². The summed E-state index contributed by atoms with van der Waals surface area (Å²) in [5, 5.41) is 20.3. The van der Waals surface area contributed by atoms with Gasteiger partial charge in [-0.25, -0.2) is 0 Å². The zero-order valence-corrected chi connectivity index (χ0v) is 19.7. The van der Waals surface area contributed by atoms with E-state index in [1.807, 2.05) is 31.2 Å². The van der Waals surface area contributed by atoms with Gasteiger partial charge in [0.2, 0.25) is 5.13 Å². The number of aryl methyl sites for hydroxylation is 1. The fourth-order valence-electron chi connectivity index (χ4n) is 3.82. The summed E-state index contributed by atoms with van der Waals surface area (Å²) in [6.45, 7) is 8.37. The lowest BCUT2D eigenvalue weighted by molar-refractivity contribution is -0.132. The van der Waals surface area contributed by atoms with Gasteiger partial charge < -0.3 is 9.84 Å². The van der Waals surface area contributed by atoms with Crippen molar-refractivity contribution in [1.29, 1.82) is 0 Å². The molecule has 0 bridgehead atoms. The Hall–Kier alpha value is -3.52. The number of carbonyl (C=O) groups excluding carboxylic acids is 2. The molecule has 0 spiro atoms. The van der Waals surface area contributed by atoms with Gasteiger partial charge in [0.1, 0.15) is 16.5 Å². The second kappa shape index (κ2) is 9.15. The maximum absolute atomic E-state index is 13.2. The van der Waals surface area contributed by atoms with Crippen LogP contribution >= 0.6 is 11.3 Å². The topological polar surface area (TPSA) is 92.6 Å². The predicted molar refractivity (Wildman–Crippen MR) is 128 cm³/mol. The number of hydrogen-bond donors (Lipinski definition) is 1. The smallest absolute Gasteiger partial charge is 0.301 e. The Kier molecular flexibility index (Phi) is 6.29. The van der Waals surface area contributed by atoms with Crippen molar-refractivity contribution in [2.45, 2.75) is 39.7 Å². The summed E-state index contributed by atoms with van der Waals surface area (Å²) in [5.74, 6) is -0.749. The maximum Gasteiger partial charge on any atom is 0.301 e. The number of nitrogens with zero attached hydrogens (tertiary/aromatic N) is 3. The zero-order chi connectivity index (χ0) is 23.7. The SMILES string of the molecule is CCOc1ccc(C(O)=C2C(=O)C(=O)N(c3nnc(C)s3)C2c2ccc(C(C)C)cc2)cc1. The lowest BCUT2D eigenvalue weighted by Gasteiger charge is -2.23. The van der Waals surface area contributed by atoms with E-state index in [2.05, 4.69) is 24.0 Å². The molecule has 33 heavy (non-hydrogen) atoms. The largest absolute Gasteiger partial charge is 0.507 e. The molecule has 1 aromatic heterocycles. The molecule has 0 aliphatic carbocycles. The van der Waals surface area contributed by atoms with Crippen LogP contribution in [0.15, 0.2) is 54.1 Å². The molecule has 7 nitrogen and oxygen atoms in total. The van der Waals surface area contributed by atoms with E-state index in [1.165, 1.54) is 16.2 Å². The molecule has 1 amide bonds. The van der Waals surface area contributed by atoms with Crippen molar-refractivity contribution in [2.75, 3.05) is 11.5 Å². The van der Waals surface area contributed by atoms with Crippen LogP contribution in [-0.2, 0) is 9.59 Å². The summed E-state index contributed by atoms with van der Waals surface area (Å²) in [6, 6.07) is 13.7. The van der Waals surface area contributed by atoms with Crippen LogP contribution in [-0.4, -0.2) is 33.6 Å². The number of Topliss-reactive ketones (excluding diaryl/α,β-unsaturated/α-hetero) is 1. The molecule has 1 atom stereocenters. The summed E-state index contributed by atoms with van der Waals surface area (Å²) < 4.78 is 5.46. The van der Waals surface area contributed by atoms with Gasteiger partial charge in [0, 0.05) is 5.56 Å². The Labute approximate surface area is 196 Å². The number of hydrogen-bond acceptors (Lipinski definition) is 7. The molecule has 1 unspecified atom stereocenters. The average Bonchev–Trinajstić information content (AvgIpc) is 3.34. The van der Waals surface area contributed by atoms with E-state index in [9.17, 15) is 14.7 Å². The molecule has 3 aromatic rings. The second-order valence-electron chi connectivity index (χ2n) is 8.05. The lowest BCUT2D eigenvalue weighted by atomic mass is 9.93. The van der Waals surface area contributed by atoms with Crippen LogP contribution in [0.2, 0.25) is 0 Å². The van der Waals surface area contributed by atoms with Crippen molar-refractivity contribution in [2.24, 2.45) is 0 Å². The molecule has 170 valence electrons. The number of ketones is 1. The minimum atomic E-state index is -0.815. The molecule has 0 radical (unpaired) electrons. The van der Waals surface area contributed by atoms with Crippen molar-refractivity contribution in [1.82, 2.24) is 10.2 Å². The standard InChI is InChI=1S/C25H25N3O4S/c1-5-32-19-12-10-18(11-13-19)22(29)20-21(17-8-6-16(7-9-17)14(2)3)28(24(31)23(20)30)25-27-26-15(4)33-25/h6-14,21,29H,5H2,1-4H3. The number of aliphatic hydroxyl groups excluding tert-OH is 1. The normalized spacial score (nSPS) is 17.7. The molecule has 4 rings (SSSR count). The molecule has 8 heteroatoms. The number of ether oxygens (including phenoxy) is 1. The number of aromatic nitrogens is 2. The predicted octanol–water partition coefficient (Wildman–Crippen LogP) is 4.99. The van der Waals surface area contributed by atoms with Gasteiger partial charge in [-0.3, -0.25) is 14.5 Å². The number of benzene rings is 2. The van der Waals surface area contributed by atoms with E-state index in [0.717, 1.165) is 5.56 Å². The van der Waals surface area contributed by atoms with Crippen LogP contribution in [0.3, 0.4) is 0 Å². The summed E-state index contributed by atoms with van der Waals surface area (Å²) >= 11 is 1.22. The van der Waals surface area contributed by atoms with E-state index in [4.69, 9.17) is 4.74 Å². The van der Waals surface area contributed by atoms with Crippen LogP contribution in [0.4, 0.5) is 5.13 Å². The molecule has 1 aliphatic heterocycles. The number of rotatable bonds is 6. The quantitative estimate of drug-likeness (QED) is 0.314. The second-order valence-corrected chi connectivity index (χ2v) is 9.21. The number of amides is 1. The van der Waals surface area contributed by atoms with Crippen LogP contribution in [0.5, 0.6) is 5.75 Å². The third-order valence-corrected chi connectivity index (χ3v) is 6.36. The summed E-state index contributed by atoms with van der Waals surface area (Å²) in [7, 11) is 0. The molecule has 1 fully saturated rings. The summed E-state index contributed by atoms with van der Waals surface area (Å²) in [4.78, 5) is 27.6. The first-order valence-electron chi connectivity index (χ1n) is 10.8. The van der Waals surface area contributed by atoms with Crippen LogP contribution < -0.4 is 9.64 Å². The van der Waals surface area contributed by atoms with Crippen molar-refractivity contribution >= 4 is 33.9 Å². The molecular formula is C25H25N3O4S. The minimum Gasteiger partial charge on any atom is -0.507 e. The molecule has 0 saturated carbocycles. The van der Waals surface area contributed by atoms with Gasteiger partial charge in [0.15, 0.2) is 0 Å². The first-order chi connectivity index (χ1) is 15.8. The fourth-order valence-corrected chi connectivity index (χ4v) is 4.54. The third-order valence-electron chi connectivity index (χ3n) is 5.52.